The Hall–Kier alpha value is -1.60. The molecule has 0 aliphatic carbocycles. The first-order chi connectivity index (χ1) is 11.5. The van der Waals surface area contributed by atoms with Gasteiger partial charge in [0.1, 0.15) is 0 Å². The number of sulfonamides is 1. The Labute approximate surface area is 151 Å². The van der Waals surface area contributed by atoms with Crippen LogP contribution in [0.3, 0.4) is 0 Å². The molecule has 0 aromatic heterocycles. The van der Waals surface area contributed by atoms with E-state index in [0.717, 1.165) is 27.8 Å². The topological polar surface area (TPSA) is 85.0 Å². The number of ether oxygens (including phenoxy) is 1. The maximum atomic E-state index is 13.0. The summed E-state index contributed by atoms with van der Waals surface area (Å²) in [5.74, 6) is 0.0247. The maximum Gasteiger partial charge on any atom is 0.286 e. The molecule has 2 N–H and O–H groups in total. The second-order valence-corrected chi connectivity index (χ2v) is 8.58. The molecule has 1 aliphatic rings. The van der Waals surface area contributed by atoms with Crippen LogP contribution in [0.5, 0.6) is 0 Å². The average molecular weight is 368 g/mol. The van der Waals surface area contributed by atoms with Crippen molar-refractivity contribution < 1.29 is 13.2 Å². The van der Waals surface area contributed by atoms with Crippen LogP contribution in [0.1, 0.15) is 41.7 Å². The summed E-state index contributed by atoms with van der Waals surface area (Å²) < 4.78 is 35.6. The molecule has 2 unspecified atom stereocenters. The van der Waals surface area contributed by atoms with E-state index >= 15 is 0 Å². The second-order valence-electron chi connectivity index (χ2n) is 7.04. The Morgan fingerprint density at radius 2 is 1.36 bits per heavy atom. The first kappa shape index (κ1) is 19.7. The Balaban J connectivity index is 2.49. The van der Waals surface area contributed by atoms with Gasteiger partial charge in [-0.2, -0.15) is 8.42 Å². The van der Waals surface area contributed by atoms with Crippen LogP contribution in [0.15, 0.2) is 9.29 Å². The van der Waals surface area contributed by atoms with E-state index in [1.54, 1.807) is 4.90 Å². The molecule has 25 heavy (non-hydrogen) atoms. The fourth-order valence-electron chi connectivity index (χ4n) is 3.44. The van der Waals surface area contributed by atoms with Crippen molar-refractivity contribution in [3.8, 4) is 0 Å². The first-order valence-electron chi connectivity index (χ1n) is 8.53. The van der Waals surface area contributed by atoms with Gasteiger partial charge in [-0.3, -0.25) is 0 Å². The minimum Gasteiger partial charge on any atom is -0.372 e. The summed E-state index contributed by atoms with van der Waals surface area (Å²) in [4.78, 5) is 2.04. The largest absolute Gasteiger partial charge is 0.372 e. The number of benzene rings is 1. The zero-order valence-electron chi connectivity index (χ0n) is 16.2. The molecule has 0 saturated carbocycles. The monoisotopic (exact) mass is 367 g/mol. The van der Waals surface area contributed by atoms with Crippen molar-refractivity contribution in [1.29, 1.82) is 0 Å². The lowest BCUT2D eigenvalue weighted by Crippen LogP contribution is -2.51. The third kappa shape index (κ3) is 3.82. The third-order valence-corrected chi connectivity index (χ3v) is 6.70. The lowest BCUT2D eigenvalue weighted by Gasteiger charge is -2.35. The smallest absolute Gasteiger partial charge is 0.286 e. The Morgan fingerprint density at radius 3 is 1.80 bits per heavy atom. The number of hydrogen-bond donors (Lipinski definition) is 1. The minimum absolute atomic E-state index is 0.0208. The normalized spacial score (nSPS) is 22.4. The Morgan fingerprint density at radius 1 is 0.960 bits per heavy atom. The van der Waals surface area contributed by atoms with Gasteiger partial charge in [0.05, 0.1) is 17.1 Å². The van der Waals surface area contributed by atoms with Crippen LogP contribution >= 0.6 is 0 Å². The van der Waals surface area contributed by atoms with Crippen LogP contribution in [0.25, 0.3) is 0 Å². The molecule has 2 atom stereocenters. The van der Waals surface area contributed by atoms with E-state index in [1.807, 2.05) is 48.5 Å². The average Bonchev–Trinajstić information content (AvgIpc) is 2.49. The zero-order valence-corrected chi connectivity index (χ0v) is 17.0. The van der Waals surface area contributed by atoms with Gasteiger partial charge in [0.15, 0.2) is 0 Å². The summed E-state index contributed by atoms with van der Waals surface area (Å²) in [6.45, 7) is 14.5. The predicted octanol–water partition coefficient (Wildman–Crippen LogP) is 2.34. The van der Waals surface area contributed by atoms with Gasteiger partial charge >= 0.3 is 0 Å². The highest BCUT2D eigenvalue weighted by atomic mass is 32.2. The number of nitrogens with two attached hydrogens (primary N) is 1. The summed E-state index contributed by atoms with van der Waals surface area (Å²) in [7, 11) is -3.89. The molecular weight excluding hydrogens is 338 g/mol. The summed E-state index contributed by atoms with van der Waals surface area (Å²) >= 11 is 0. The SMILES string of the molecule is Cc1c(C)c(C)c(S(=O)(=O)N=C(N)N2CC(C)OC(C)C2)c(C)c1C. The van der Waals surface area contributed by atoms with E-state index in [9.17, 15) is 8.42 Å². The summed E-state index contributed by atoms with van der Waals surface area (Å²) in [6.07, 6.45) is -0.0416. The van der Waals surface area contributed by atoms with Crippen LogP contribution < -0.4 is 5.73 Å². The van der Waals surface area contributed by atoms with Crippen LogP contribution in [0, 0.1) is 34.6 Å². The number of guanidine groups is 1. The Bertz CT molecular complexity index is 776. The van der Waals surface area contributed by atoms with Gasteiger partial charge in [0, 0.05) is 13.1 Å². The fourth-order valence-corrected chi connectivity index (χ4v) is 4.98. The molecule has 1 heterocycles. The van der Waals surface area contributed by atoms with Crippen molar-refractivity contribution in [2.24, 2.45) is 10.1 Å². The molecular formula is C18H29N3O3S. The lowest BCUT2D eigenvalue weighted by atomic mass is 9.95. The molecule has 1 aliphatic heterocycles. The van der Waals surface area contributed by atoms with E-state index in [-0.39, 0.29) is 23.1 Å². The molecule has 0 spiro atoms. The van der Waals surface area contributed by atoms with Gasteiger partial charge in [-0.1, -0.05) is 0 Å². The molecule has 1 fully saturated rings. The number of nitrogens with zero attached hydrogens (tertiary/aromatic N) is 2. The highest BCUT2D eigenvalue weighted by molar-refractivity contribution is 7.90. The van der Waals surface area contributed by atoms with Gasteiger partial charge in [-0.25, -0.2) is 0 Å². The second kappa shape index (κ2) is 6.96. The zero-order chi connectivity index (χ0) is 19.1. The van der Waals surface area contributed by atoms with E-state index in [2.05, 4.69) is 4.40 Å². The highest BCUT2D eigenvalue weighted by Crippen LogP contribution is 2.30. The van der Waals surface area contributed by atoms with Crippen LogP contribution in [-0.4, -0.2) is 44.6 Å². The van der Waals surface area contributed by atoms with Gasteiger partial charge < -0.3 is 15.4 Å². The van der Waals surface area contributed by atoms with Crippen molar-refractivity contribution >= 4 is 16.0 Å². The maximum absolute atomic E-state index is 13.0. The summed E-state index contributed by atoms with van der Waals surface area (Å²) in [5, 5.41) is 0. The number of hydrogen-bond acceptors (Lipinski definition) is 3. The molecule has 140 valence electrons. The van der Waals surface area contributed by atoms with E-state index in [1.165, 1.54) is 0 Å². The molecule has 0 amide bonds. The van der Waals surface area contributed by atoms with Crippen molar-refractivity contribution in [3.05, 3.63) is 27.8 Å². The fraction of sp³-hybridized carbons (Fsp3) is 0.611. The first-order valence-corrected chi connectivity index (χ1v) is 9.97. The molecule has 2 rings (SSSR count). The minimum atomic E-state index is -3.89. The molecule has 1 aromatic carbocycles. The lowest BCUT2D eigenvalue weighted by molar-refractivity contribution is -0.0483. The quantitative estimate of drug-likeness (QED) is 0.641. The molecule has 1 saturated heterocycles. The van der Waals surface area contributed by atoms with Crippen molar-refractivity contribution in [1.82, 2.24) is 4.90 Å². The van der Waals surface area contributed by atoms with E-state index in [4.69, 9.17) is 10.5 Å². The third-order valence-electron chi connectivity index (χ3n) is 5.15. The molecule has 1 aromatic rings. The van der Waals surface area contributed by atoms with Gasteiger partial charge in [-0.15, -0.1) is 4.40 Å². The Kier molecular flexibility index (Phi) is 5.49. The number of rotatable bonds is 2. The standard InChI is InChI=1S/C18H29N3O3S/c1-10-8-21(9-11(2)24-10)18(19)20-25(22,23)17-15(6)13(4)12(3)14(5)16(17)7/h10-11H,8-9H2,1-7H3,(H2,19,20). The van der Waals surface area contributed by atoms with Crippen molar-refractivity contribution in [2.45, 2.75) is 65.6 Å². The summed E-state index contributed by atoms with van der Waals surface area (Å²) in [6, 6.07) is 0. The molecule has 7 heteroatoms. The molecule has 6 nitrogen and oxygen atoms in total. The highest BCUT2D eigenvalue weighted by Gasteiger charge is 2.27. The van der Waals surface area contributed by atoms with Crippen molar-refractivity contribution in [3.63, 3.8) is 0 Å². The van der Waals surface area contributed by atoms with E-state index < -0.39 is 10.0 Å². The predicted molar refractivity (Wildman–Crippen MR) is 101 cm³/mol. The van der Waals surface area contributed by atoms with E-state index in [0.29, 0.717) is 13.1 Å². The molecule has 0 bridgehead atoms. The molecule has 0 radical (unpaired) electrons. The van der Waals surface area contributed by atoms with Crippen molar-refractivity contribution in [2.75, 3.05) is 13.1 Å². The van der Waals surface area contributed by atoms with Crippen LogP contribution in [0.4, 0.5) is 0 Å². The summed E-state index contributed by atoms with van der Waals surface area (Å²) in [5.41, 5.74) is 10.6. The van der Waals surface area contributed by atoms with Crippen LogP contribution in [0.2, 0.25) is 0 Å². The van der Waals surface area contributed by atoms with Gasteiger partial charge in [-0.05, 0) is 76.3 Å². The number of morpholine rings is 1. The van der Waals surface area contributed by atoms with Gasteiger partial charge in [0.25, 0.3) is 10.0 Å². The van der Waals surface area contributed by atoms with Crippen LogP contribution in [-0.2, 0) is 14.8 Å². The van der Waals surface area contributed by atoms with Gasteiger partial charge in [0.2, 0.25) is 5.96 Å².